The molecule has 0 bridgehead atoms. The van der Waals surface area contributed by atoms with E-state index in [1.54, 1.807) is 23.8 Å². The summed E-state index contributed by atoms with van der Waals surface area (Å²) in [6, 6.07) is -1.78. The van der Waals surface area contributed by atoms with Gasteiger partial charge in [-0.2, -0.15) is 0 Å². The Balaban J connectivity index is 1.70. The van der Waals surface area contributed by atoms with Gasteiger partial charge < -0.3 is 19.9 Å². The molecule has 3 rings (SSSR count). The first-order valence-electron chi connectivity index (χ1n) is 15.9. The van der Waals surface area contributed by atoms with Crippen LogP contribution in [0.4, 0.5) is 0 Å². The van der Waals surface area contributed by atoms with Crippen LogP contribution in [0.5, 0.6) is 0 Å². The molecule has 1 N–H and O–H groups in total. The summed E-state index contributed by atoms with van der Waals surface area (Å²) >= 11 is 0. The average molecular weight is 575 g/mol. The van der Waals surface area contributed by atoms with Crippen molar-refractivity contribution in [3.63, 3.8) is 0 Å². The molecule has 0 spiro atoms. The van der Waals surface area contributed by atoms with E-state index in [2.05, 4.69) is 10.2 Å². The maximum atomic E-state index is 13.8. The first-order chi connectivity index (χ1) is 19.4. The van der Waals surface area contributed by atoms with Crippen LogP contribution in [0, 0.1) is 11.8 Å². The largest absolute Gasteiger partial charge is 0.461 e. The lowest BCUT2D eigenvalue weighted by Gasteiger charge is -2.36. The fourth-order valence-corrected chi connectivity index (χ4v) is 6.52. The number of carbonyl (C=O) groups excluding carboxylic acids is 4. The van der Waals surface area contributed by atoms with Crippen LogP contribution < -0.4 is 5.32 Å². The summed E-state index contributed by atoms with van der Waals surface area (Å²) in [5.74, 6) is -0.808. The van der Waals surface area contributed by atoms with Crippen LogP contribution in [0.15, 0.2) is 11.6 Å². The van der Waals surface area contributed by atoms with Crippen LogP contribution in [-0.4, -0.2) is 95.8 Å². The van der Waals surface area contributed by atoms with Crippen LogP contribution >= 0.6 is 0 Å². The number of rotatable bonds is 10. The van der Waals surface area contributed by atoms with Crippen molar-refractivity contribution >= 4 is 23.7 Å². The van der Waals surface area contributed by atoms with Gasteiger partial charge in [0.25, 0.3) is 0 Å². The normalized spacial score (nSPS) is 24.3. The van der Waals surface area contributed by atoms with Gasteiger partial charge in [-0.15, -0.1) is 0 Å². The van der Waals surface area contributed by atoms with E-state index in [1.807, 2.05) is 40.8 Å². The molecule has 3 aliphatic rings. The number of carbonyl (C=O) groups is 4. The van der Waals surface area contributed by atoms with E-state index in [0.717, 1.165) is 57.9 Å². The molecule has 41 heavy (non-hydrogen) atoms. The molecular formula is C32H54N4O5. The maximum Gasteiger partial charge on any atom is 0.329 e. The lowest BCUT2D eigenvalue weighted by Crippen LogP contribution is -2.57. The highest BCUT2D eigenvalue weighted by Gasteiger charge is 2.38. The quantitative estimate of drug-likeness (QED) is 0.314. The Labute approximate surface area is 247 Å². The Hall–Kier alpha value is -2.42. The molecule has 9 nitrogen and oxygen atoms in total. The Kier molecular flexibility index (Phi) is 12.2. The highest BCUT2D eigenvalue weighted by Crippen LogP contribution is 2.26. The smallest absolute Gasteiger partial charge is 0.329 e. The Morgan fingerprint density at radius 3 is 2.10 bits per heavy atom. The minimum Gasteiger partial charge on any atom is -0.461 e. The third kappa shape index (κ3) is 8.55. The molecule has 0 radical (unpaired) electrons. The molecule has 0 aromatic carbocycles. The van der Waals surface area contributed by atoms with Gasteiger partial charge in [0.15, 0.2) is 0 Å². The van der Waals surface area contributed by atoms with Gasteiger partial charge in [0.1, 0.15) is 18.2 Å². The average Bonchev–Trinajstić information content (AvgIpc) is 3.44. The monoisotopic (exact) mass is 574 g/mol. The number of likely N-dealkylation sites (N-methyl/N-ethyl adjacent to an activating group) is 2. The summed E-state index contributed by atoms with van der Waals surface area (Å²) in [7, 11) is 3.71. The number of ether oxygens (including phenoxy) is 1. The molecule has 2 saturated heterocycles. The van der Waals surface area contributed by atoms with Crippen LogP contribution in [-0.2, 0) is 23.9 Å². The van der Waals surface area contributed by atoms with E-state index >= 15 is 0 Å². The van der Waals surface area contributed by atoms with Crippen molar-refractivity contribution in [2.75, 3.05) is 27.2 Å². The molecule has 2 heterocycles. The topological polar surface area (TPSA) is 99.3 Å². The summed E-state index contributed by atoms with van der Waals surface area (Å²) in [5, 5.41) is 3.04. The zero-order valence-corrected chi connectivity index (χ0v) is 26.5. The van der Waals surface area contributed by atoms with E-state index in [9.17, 15) is 19.2 Å². The van der Waals surface area contributed by atoms with Crippen LogP contribution in [0.25, 0.3) is 0 Å². The third-order valence-electron chi connectivity index (χ3n) is 9.16. The van der Waals surface area contributed by atoms with Crippen molar-refractivity contribution < 1.29 is 23.9 Å². The summed E-state index contributed by atoms with van der Waals surface area (Å²) in [6.45, 7) is 11.1. The van der Waals surface area contributed by atoms with Gasteiger partial charge in [-0.3, -0.25) is 19.3 Å². The van der Waals surface area contributed by atoms with Gasteiger partial charge in [0, 0.05) is 19.2 Å². The van der Waals surface area contributed by atoms with Crippen molar-refractivity contribution in [1.82, 2.24) is 20.0 Å². The van der Waals surface area contributed by atoms with Crippen LogP contribution in [0.1, 0.15) is 98.8 Å². The number of hydrogen-bond donors (Lipinski definition) is 1. The molecule has 1 aliphatic carbocycles. The molecular weight excluding hydrogens is 520 g/mol. The number of nitrogens with zero attached hydrogens (tertiary/aromatic N) is 3. The fraction of sp³-hybridized carbons (Fsp3) is 0.812. The molecule has 2 aliphatic heterocycles. The zero-order chi connectivity index (χ0) is 30.3. The van der Waals surface area contributed by atoms with Gasteiger partial charge in [0.05, 0.1) is 12.1 Å². The van der Waals surface area contributed by atoms with Gasteiger partial charge in [-0.1, -0.05) is 46.6 Å². The predicted octanol–water partition coefficient (Wildman–Crippen LogP) is 3.91. The maximum absolute atomic E-state index is 13.8. The molecule has 232 valence electrons. The van der Waals surface area contributed by atoms with Crippen molar-refractivity contribution in [3.05, 3.63) is 11.6 Å². The van der Waals surface area contributed by atoms with Crippen molar-refractivity contribution in [2.45, 2.75) is 129 Å². The van der Waals surface area contributed by atoms with Gasteiger partial charge in [-0.05, 0) is 83.7 Å². The first-order valence-corrected chi connectivity index (χ1v) is 15.9. The first kappa shape index (κ1) is 33.1. The molecule has 0 aromatic rings. The second-order valence-electron chi connectivity index (χ2n) is 13.1. The number of piperidine rings is 1. The highest BCUT2D eigenvalue weighted by atomic mass is 16.5. The molecule has 3 fully saturated rings. The number of esters is 1. The molecule has 1 saturated carbocycles. The summed E-state index contributed by atoms with van der Waals surface area (Å²) < 4.78 is 5.81. The number of amides is 3. The number of likely N-dealkylation sites (tertiary alicyclic amines) is 2. The number of nitrogens with one attached hydrogen (secondary N) is 1. The standard InChI is InChI=1S/C32H54N4O5/c1-21(2)27(35(7)31(39)28(22(3)4)33-29(37)25-16-11-12-18-34(25)6)20-23(5)30(38)36-19-13-17-26(36)32(40)41-24-14-9-8-10-15-24/h20-22,24-28H,8-19H2,1-7H3,(H,33,37)/b23-20+/t25?,26-,27+,28-/m0/s1. The highest BCUT2D eigenvalue weighted by molar-refractivity contribution is 5.96. The Bertz CT molecular complexity index is 958. The van der Waals surface area contributed by atoms with Gasteiger partial charge in [-0.25, -0.2) is 4.79 Å². The minimum atomic E-state index is -0.661. The number of hydrogen-bond acceptors (Lipinski definition) is 6. The lowest BCUT2D eigenvalue weighted by molar-refractivity contribution is -0.158. The van der Waals surface area contributed by atoms with E-state index in [4.69, 9.17) is 4.74 Å². The van der Waals surface area contributed by atoms with E-state index in [-0.39, 0.29) is 53.7 Å². The van der Waals surface area contributed by atoms with Crippen molar-refractivity contribution in [1.29, 1.82) is 0 Å². The zero-order valence-electron chi connectivity index (χ0n) is 26.5. The van der Waals surface area contributed by atoms with Crippen molar-refractivity contribution in [3.8, 4) is 0 Å². The summed E-state index contributed by atoms with van der Waals surface area (Å²) in [6.07, 6.45) is 11.2. The minimum absolute atomic E-state index is 0.0327. The fourth-order valence-electron chi connectivity index (χ4n) is 6.52. The predicted molar refractivity (Wildman–Crippen MR) is 160 cm³/mol. The summed E-state index contributed by atoms with van der Waals surface area (Å²) in [5.41, 5.74) is 0.509. The molecule has 9 heteroatoms. The van der Waals surface area contributed by atoms with E-state index in [0.29, 0.717) is 18.5 Å². The van der Waals surface area contributed by atoms with E-state index < -0.39 is 12.1 Å². The molecule has 0 aromatic heterocycles. The van der Waals surface area contributed by atoms with Crippen LogP contribution in [0.3, 0.4) is 0 Å². The Morgan fingerprint density at radius 2 is 1.49 bits per heavy atom. The van der Waals surface area contributed by atoms with Gasteiger partial charge in [0.2, 0.25) is 17.7 Å². The molecule has 3 amide bonds. The molecule has 1 unspecified atom stereocenters. The SMILES string of the molecule is C/C(=C\[C@H](C(C)C)N(C)C(=O)[C@@H](NC(=O)C1CCCCN1C)C(C)C)C(=O)N1CCC[C@H]1C(=O)OC1CCCCC1. The van der Waals surface area contributed by atoms with Gasteiger partial charge >= 0.3 is 5.97 Å². The Morgan fingerprint density at radius 1 is 0.854 bits per heavy atom. The lowest BCUT2D eigenvalue weighted by atomic mass is 9.96. The second kappa shape index (κ2) is 15.2. The summed E-state index contributed by atoms with van der Waals surface area (Å²) in [4.78, 5) is 58.9. The second-order valence-corrected chi connectivity index (χ2v) is 13.1. The van der Waals surface area contributed by atoms with Crippen LogP contribution in [0.2, 0.25) is 0 Å². The van der Waals surface area contributed by atoms with E-state index in [1.165, 1.54) is 6.42 Å². The third-order valence-corrected chi connectivity index (χ3v) is 9.16. The van der Waals surface area contributed by atoms with Crippen molar-refractivity contribution in [2.24, 2.45) is 11.8 Å². The molecule has 4 atom stereocenters.